The highest BCUT2D eigenvalue weighted by Crippen LogP contribution is 2.42. The summed E-state index contributed by atoms with van der Waals surface area (Å²) in [5.74, 6) is 0.366. The smallest absolute Gasteiger partial charge is 0.241 e. The highest BCUT2D eigenvalue weighted by atomic mass is 16.2. The predicted molar refractivity (Wildman–Crippen MR) is 83.4 cm³/mol. The Balaban J connectivity index is 2.07. The SMILES string of the molecule is CCCC1NC(CCC)N(CC2(CC)CCCC2)C1=O. The highest BCUT2D eigenvalue weighted by molar-refractivity contribution is 5.84. The molecule has 2 atom stereocenters. The van der Waals surface area contributed by atoms with Gasteiger partial charge in [0.05, 0.1) is 12.2 Å². The van der Waals surface area contributed by atoms with Crippen LogP contribution in [-0.4, -0.2) is 29.6 Å². The third kappa shape index (κ3) is 3.19. The van der Waals surface area contributed by atoms with E-state index in [1.807, 2.05) is 0 Å². The van der Waals surface area contributed by atoms with Crippen LogP contribution in [0.25, 0.3) is 0 Å². The summed E-state index contributed by atoms with van der Waals surface area (Å²) in [5.41, 5.74) is 0.407. The summed E-state index contributed by atoms with van der Waals surface area (Å²) in [6.07, 6.45) is 11.1. The number of nitrogens with one attached hydrogen (secondary N) is 1. The molecule has 1 amide bonds. The molecule has 2 fully saturated rings. The van der Waals surface area contributed by atoms with E-state index in [1.54, 1.807) is 0 Å². The fourth-order valence-corrected chi connectivity index (χ4v) is 4.05. The molecule has 1 aliphatic heterocycles. The lowest BCUT2D eigenvalue weighted by molar-refractivity contribution is -0.131. The molecule has 3 heteroatoms. The van der Waals surface area contributed by atoms with Crippen molar-refractivity contribution < 1.29 is 4.79 Å². The van der Waals surface area contributed by atoms with Crippen molar-refractivity contribution in [2.24, 2.45) is 5.41 Å². The van der Waals surface area contributed by atoms with Gasteiger partial charge in [0.25, 0.3) is 0 Å². The standard InChI is InChI=1S/C17H32N2O/c1-4-9-14-16(20)19(15(18-14)10-5-2)13-17(6-3)11-7-8-12-17/h14-15,18H,4-13H2,1-3H3. The molecule has 0 radical (unpaired) electrons. The van der Waals surface area contributed by atoms with Gasteiger partial charge in [0.1, 0.15) is 0 Å². The third-order valence-corrected chi connectivity index (χ3v) is 5.41. The van der Waals surface area contributed by atoms with Crippen LogP contribution < -0.4 is 5.32 Å². The summed E-state index contributed by atoms with van der Waals surface area (Å²) in [6, 6.07) is 0.0758. The van der Waals surface area contributed by atoms with E-state index in [0.717, 1.165) is 32.2 Å². The van der Waals surface area contributed by atoms with E-state index in [9.17, 15) is 4.79 Å². The first-order chi connectivity index (χ1) is 9.65. The molecular formula is C17H32N2O. The van der Waals surface area contributed by atoms with Crippen LogP contribution in [0, 0.1) is 5.41 Å². The predicted octanol–water partition coefficient (Wildman–Crippen LogP) is 3.68. The molecular weight excluding hydrogens is 248 g/mol. The molecule has 0 aromatic heterocycles. The molecule has 1 saturated heterocycles. The second-order valence-electron chi connectivity index (χ2n) is 6.84. The molecule has 0 aromatic rings. The minimum Gasteiger partial charge on any atom is -0.325 e. The molecule has 2 rings (SSSR count). The minimum absolute atomic E-state index is 0.0758. The van der Waals surface area contributed by atoms with Crippen molar-refractivity contribution in [3.05, 3.63) is 0 Å². The molecule has 1 N–H and O–H groups in total. The topological polar surface area (TPSA) is 32.3 Å². The number of hydrogen-bond acceptors (Lipinski definition) is 2. The molecule has 116 valence electrons. The number of amides is 1. The summed E-state index contributed by atoms with van der Waals surface area (Å²) in [6.45, 7) is 7.66. The van der Waals surface area contributed by atoms with E-state index in [1.165, 1.54) is 32.1 Å². The van der Waals surface area contributed by atoms with Crippen molar-refractivity contribution in [2.75, 3.05) is 6.54 Å². The Morgan fingerprint density at radius 3 is 2.35 bits per heavy atom. The van der Waals surface area contributed by atoms with Crippen LogP contribution >= 0.6 is 0 Å². The lowest BCUT2D eigenvalue weighted by Crippen LogP contribution is -2.43. The highest BCUT2D eigenvalue weighted by Gasteiger charge is 2.43. The molecule has 1 aliphatic carbocycles. The lowest BCUT2D eigenvalue weighted by atomic mass is 9.82. The van der Waals surface area contributed by atoms with Gasteiger partial charge < -0.3 is 4.90 Å². The molecule has 1 saturated carbocycles. The normalized spacial score (nSPS) is 29.4. The van der Waals surface area contributed by atoms with Crippen LogP contribution in [0.3, 0.4) is 0 Å². The molecule has 2 aliphatic rings. The van der Waals surface area contributed by atoms with Crippen molar-refractivity contribution in [1.82, 2.24) is 10.2 Å². The number of nitrogens with zero attached hydrogens (tertiary/aromatic N) is 1. The summed E-state index contributed by atoms with van der Waals surface area (Å²) in [7, 11) is 0. The maximum absolute atomic E-state index is 12.7. The molecule has 0 spiro atoms. The first kappa shape index (κ1) is 15.8. The van der Waals surface area contributed by atoms with E-state index >= 15 is 0 Å². The van der Waals surface area contributed by atoms with Gasteiger partial charge in [-0.25, -0.2) is 0 Å². The Morgan fingerprint density at radius 1 is 1.15 bits per heavy atom. The molecule has 3 nitrogen and oxygen atoms in total. The maximum atomic E-state index is 12.7. The summed E-state index contributed by atoms with van der Waals surface area (Å²) in [5, 5.41) is 3.58. The second kappa shape index (κ2) is 6.93. The van der Waals surface area contributed by atoms with Crippen molar-refractivity contribution >= 4 is 5.91 Å². The summed E-state index contributed by atoms with van der Waals surface area (Å²) in [4.78, 5) is 14.9. The van der Waals surface area contributed by atoms with Gasteiger partial charge >= 0.3 is 0 Å². The van der Waals surface area contributed by atoms with Crippen molar-refractivity contribution in [3.63, 3.8) is 0 Å². The number of rotatable bonds is 7. The van der Waals surface area contributed by atoms with E-state index in [4.69, 9.17) is 0 Å². The average Bonchev–Trinajstić information content (AvgIpc) is 3.02. The zero-order chi connectivity index (χ0) is 14.6. The Kier molecular flexibility index (Phi) is 5.48. The summed E-state index contributed by atoms with van der Waals surface area (Å²) >= 11 is 0. The van der Waals surface area contributed by atoms with Crippen LogP contribution in [0.2, 0.25) is 0 Å². The van der Waals surface area contributed by atoms with Gasteiger partial charge in [0.2, 0.25) is 5.91 Å². The summed E-state index contributed by atoms with van der Waals surface area (Å²) < 4.78 is 0. The molecule has 1 heterocycles. The van der Waals surface area contributed by atoms with Crippen molar-refractivity contribution in [3.8, 4) is 0 Å². The fourth-order valence-electron chi connectivity index (χ4n) is 4.05. The van der Waals surface area contributed by atoms with Crippen LogP contribution in [0.15, 0.2) is 0 Å². The molecule has 20 heavy (non-hydrogen) atoms. The van der Waals surface area contributed by atoms with Gasteiger partial charge in [-0.15, -0.1) is 0 Å². The van der Waals surface area contributed by atoms with Gasteiger partial charge in [-0.3, -0.25) is 10.1 Å². The van der Waals surface area contributed by atoms with Gasteiger partial charge in [0, 0.05) is 6.54 Å². The van der Waals surface area contributed by atoms with Crippen LogP contribution in [0.4, 0.5) is 0 Å². The van der Waals surface area contributed by atoms with Crippen LogP contribution in [0.1, 0.15) is 78.6 Å². The number of carbonyl (C=O) groups excluding carboxylic acids is 1. The molecule has 2 unspecified atom stereocenters. The van der Waals surface area contributed by atoms with E-state index in [-0.39, 0.29) is 12.2 Å². The van der Waals surface area contributed by atoms with Gasteiger partial charge in [-0.1, -0.05) is 46.5 Å². The van der Waals surface area contributed by atoms with Gasteiger partial charge in [-0.05, 0) is 37.5 Å². The number of hydrogen-bond donors (Lipinski definition) is 1. The lowest BCUT2D eigenvalue weighted by Gasteiger charge is -2.35. The fraction of sp³-hybridized carbons (Fsp3) is 0.941. The molecule has 0 aromatic carbocycles. The second-order valence-corrected chi connectivity index (χ2v) is 6.84. The Bertz CT molecular complexity index is 323. The average molecular weight is 280 g/mol. The maximum Gasteiger partial charge on any atom is 0.241 e. The largest absolute Gasteiger partial charge is 0.325 e. The Hall–Kier alpha value is -0.570. The first-order valence-electron chi connectivity index (χ1n) is 8.72. The minimum atomic E-state index is 0.0758. The van der Waals surface area contributed by atoms with Crippen LogP contribution in [0.5, 0.6) is 0 Å². The van der Waals surface area contributed by atoms with Gasteiger partial charge in [0.15, 0.2) is 0 Å². The van der Waals surface area contributed by atoms with Crippen molar-refractivity contribution in [2.45, 2.75) is 90.8 Å². The van der Waals surface area contributed by atoms with Crippen molar-refractivity contribution in [1.29, 1.82) is 0 Å². The molecule has 0 bridgehead atoms. The van der Waals surface area contributed by atoms with Crippen LogP contribution in [-0.2, 0) is 4.79 Å². The quantitative estimate of drug-likeness (QED) is 0.771. The van der Waals surface area contributed by atoms with E-state index in [0.29, 0.717) is 11.3 Å². The van der Waals surface area contributed by atoms with Gasteiger partial charge in [-0.2, -0.15) is 0 Å². The van der Waals surface area contributed by atoms with E-state index < -0.39 is 0 Å². The zero-order valence-corrected chi connectivity index (χ0v) is 13.6. The third-order valence-electron chi connectivity index (χ3n) is 5.41. The Morgan fingerprint density at radius 2 is 1.80 bits per heavy atom. The Labute approximate surface area is 124 Å². The zero-order valence-electron chi connectivity index (χ0n) is 13.6. The first-order valence-corrected chi connectivity index (χ1v) is 8.72. The van der Waals surface area contributed by atoms with E-state index in [2.05, 4.69) is 31.0 Å². The monoisotopic (exact) mass is 280 g/mol. The number of carbonyl (C=O) groups is 1.